The molecule has 0 aromatic carbocycles. The predicted molar refractivity (Wildman–Crippen MR) is 76.8 cm³/mol. The van der Waals surface area contributed by atoms with Gasteiger partial charge in [-0.1, -0.05) is 25.7 Å². The van der Waals surface area contributed by atoms with Crippen LogP contribution in [0.2, 0.25) is 0 Å². The molecule has 2 saturated carbocycles. The Balaban J connectivity index is 1.43. The summed E-state index contributed by atoms with van der Waals surface area (Å²) in [5.74, 6) is 0.947. The molecule has 1 N–H and O–H groups in total. The first-order valence-electron chi connectivity index (χ1n) is 8.33. The SMILES string of the molecule is C[C@H](NC1CCN(C2CC2)C1)C1CCCCCC1. The van der Waals surface area contributed by atoms with E-state index in [-0.39, 0.29) is 0 Å². The van der Waals surface area contributed by atoms with Gasteiger partial charge in [0.1, 0.15) is 0 Å². The molecule has 2 atom stereocenters. The third-order valence-electron chi connectivity index (χ3n) is 5.39. The summed E-state index contributed by atoms with van der Waals surface area (Å²) in [4.78, 5) is 2.72. The second kappa shape index (κ2) is 5.92. The van der Waals surface area contributed by atoms with Crippen LogP contribution in [0.5, 0.6) is 0 Å². The molecular formula is C16H30N2. The van der Waals surface area contributed by atoms with Crippen LogP contribution in [0.4, 0.5) is 0 Å². The number of nitrogens with zero attached hydrogens (tertiary/aromatic N) is 1. The molecule has 2 nitrogen and oxygen atoms in total. The first kappa shape index (κ1) is 12.9. The maximum Gasteiger partial charge on any atom is 0.0209 e. The molecule has 3 fully saturated rings. The largest absolute Gasteiger partial charge is 0.310 e. The highest BCUT2D eigenvalue weighted by Gasteiger charge is 2.35. The van der Waals surface area contributed by atoms with Gasteiger partial charge in [0.05, 0.1) is 0 Å². The van der Waals surface area contributed by atoms with Gasteiger partial charge in [0.2, 0.25) is 0 Å². The molecule has 2 aliphatic carbocycles. The van der Waals surface area contributed by atoms with Crippen molar-refractivity contribution in [3.63, 3.8) is 0 Å². The lowest BCUT2D eigenvalue weighted by molar-refractivity contribution is 0.286. The van der Waals surface area contributed by atoms with Crippen molar-refractivity contribution in [1.29, 1.82) is 0 Å². The molecule has 3 rings (SSSR count). The number of hydrogen-bond donors (Lipinski definition) is 1. The molecular weight excluding hydrogens is 220 g/mol. The molecule has 0 radical (unpaired) electrons. The number of hydrogen-bond acceptors (Lipinski definition) is 2. The Morgan fingerprint density at radius 1 is 0.944 bits per heavy atom. The predicted octanol–water partition coefficient (Wildman–Crippen LogP) is 3.17. The van der Waals surface area contributed by atoms with Crippen molar-refractivity contribution in [3.05, 3.63) is 0 Å². The second-order valence-corrected chi connectivity index (χ2v) is 6.92. The van der Waals surface area contributed by atoms with Crippen LogP contribution in [0, 0.1) is 5.92 Å². The average Bonchev–Trinajstić information content (AvgIpc) is 3.16. The van der Waals surface area contributed by atoms with Gasteiger partial charge in [-0.25, -0.2) is 0 Å². The van der Waals surface area contributed by atoms with Gasteiger partial charge in [-0.15, -0.1) is 0 Å². The molecule has 2 heteroatoms. The highest BCUT2D eigenvalue weighted by molar-refractivity contribution is 4.93. The summed E-state index contributed by atoms with van der Waals surface area (Å²) in [6.07, 6.45) is 13.1. The Labute approximate surface area is 113 Å². The monoisotopic (exact) mass is 250 g/mol. The molecule has 0 aromatic heterocycles. The highest BCUT2D eigenvalue weighted by Crippen LogP contribution is 2.31. The number of nitrogens with one attached hydrogen (secondary N) is 1. The van der Waals surface area contributed by atoms with E-state index in [0.29, 0.717) is 0 Å². The first-order chi connectivity index (χ1) is 8.83. The Kier molecular flexibility index (Phi) is 4.25. The third kappa shape index (κ3) is 3.27. The Bertz CT molecular complexity index is 254. The van der Waals surface area contributed by atoms with E-state index in [1.165, 1.54) is 70.9 Å². The van der Waals surface area contributed by atoms with E-state index in [9.17, 15) is 0 Å². The van der Waals surface area contributed by atoms with Crippen LogP contribution in [0.15, 0.2) is 0 Å². The summed E-state index contributed by atoms with van der Waals surface area (Å²) < 4.78 is 0. The summed E-state index contributed by atoms with van der Waals surface area (Å²) >= 11 is 0. The van der Waals surface area contributed by atoms with Crippen molar-refractivity contribution < 1.29 is 0 Å². The van der Waals surface area contributed by atoms with E-state index in [4.69, 9.17) is 0 Å². The molecule has 1 saturated heterocycles. The van der Waals surface area contributed by atoms with E-state index >= 15 is 0 Å². The van der Waals surface area contributed by atoms with E-state index in [2.05, 4.69) is 17.1 Å². The Morgan fingerprint density at radius 3 is 2.33 bits per heavy atom. The van der Waals surface area contributed by atoms with E-state index in [0.717, 1.165) is 24.0 Å². The highest BCUT2D eigenvalue weighted by atomic mass is 15.2. The van der Waals surface area contributed by atoms with Crippen LogP contribution >= 0.6 is 0 Å². The fraction of sp³-hybridized carbons (Fsp3) is 1.00. The zero-order valence-electron chi connectivity index (χ0n) is 12.0. The maximum atomic E-state index is 3.95. The van der Waals surface area contributed by atoms with Gasteiger partial charge in [0, 0.05) is 31.2 Å². The lowest BCUT2D eigenvalue weighted by atomic mass is 9.92. The second-order valence-electron chi connectivity index (χ2n) is 6.92. The molecule has 0 bridgehead atoms. The molecule has 0 aromatic rings. The van der Waals surface area contributed by atoms with Crippen LogP contribution in [0.25, 0.3) is 0 Å². The van der Waals surface area contributed by atoms with Crippen LogP contribution in [0.3, 0.4) is 0 Å². The van der Waals surface area contributed by atoms with E-state index < -0.39 is 0 Å². The fourth-order valence-corrected chi connectivity index (χ4v) is 4.01. The van der Waals surface area contributed by atoms with Gasteiger partial charge < -0.3 is 5.32 Å². The molecule has 1 aliphatic heterocycles. The minimum atomic E-state index is 0.743. The Hall–Kier alpha value is -0.0800. The molecule has 0 amide bonds. The standard InChI is InChI=1S/C16H30N2/c1-13(14-6-4-2-3-5-7-14)17-15-10-11-18(12-15)16-8-9-16/h13-17H,2-12H2,1H3/t13-,15?/m0/s1. The summed E-state index contributed by atoms with van der Waals surface area (Å²) in [5.41, 5.74) is 0. The van der Waals surface area contributed by atoms with Gasteiger partial charge in [0.25, 0.3) is 0 Å². The van der Waals surface area contributed by atoms with E-state index in [1.807, 2.05) is 0 Å². The normalized spacial score (nSPS) is 33.5. The summed E-state index contributed by atoms with van der Waals surface area (Å²) in [5, 5.41) is 3.95. The molecule has 1 heterocycles. The first-order valence-corrected chi connectivity index (χ1v) is 8.33. The summed E-state index contributed by atoms with van der Waals surface area (Å²) in [6, 6.07) is 2.49. The van der Waals surface area contributed by atoms with Crippen molar-refractivity contribution in [3.8, 4) is 0 Å². The van der Waals surface area contributed by atoms with Crippen LogP contribution in [-0.2, 0) is 0 Å². The van der Waals surface area contributed by atoms with Crippen LogP contribution in [-0.4, -0.2) is 36.1 Å². The third-order valence-corrected chi connectivity index (χ3v) is 5.39. The van der Waals surface area contributed by atoms with Crippen molar-refractivity contribution in [2.24, 2.45) is 5.92 Å². The zero-order valence-corrected chi connectivity index (χ0v) is 12.0. The van der Waals surface area contributed by atoms with Crippen molar-refractivity contribution >= 4 is 0 Å². The van der Waals surface area contributed by atoms with Gasteiger partial charge in [-0.05, 0) is 44.9 Å². The van der Waals surface area contributed by atoms with Crippen molar-refractivity contribution in [2.75, 3.05) is 13.1 Å². The minimum Gasteiger partial charge on any atom is -0.310 e. The maximum absolute atomic E-state index is 3.95. The van der Waals surface area contributed by atoms with Gasteiger partial charge in [-0.2, -0.15) is 0 Å². The van der Waals surface area contributed by atoms with Crippen LogP contribution in [0.1, 0.15) is 64.7 Å². The van der Waals surface area contributed by atoms with E-state index in [1.54, 1.807) is 0 Å². The summed E-state index contributed by atoms with van der Waals surface area (Å²) in [7, 11) is 0. The minimum absolute atomic E-state index is 0.743. The molecule has 0 spiro atoms. The topological polar surface area (TPSA) is 15.3 Å². The van der Waals surface area contributed by atoms with Gasteiger partial charge in [-0.3, -0.25) is 4.90 Å². The molecule has 3 aliphatic rings. The zero-order chi connectivity index (χ0) is 12.4. The van der Waals surface area contributed by atoms with Gasteiger partial charge in [0.15, 0.2) is 0 Å². The summed E-state index contributed by atoms with van der Waals surface area (Å²) in [6.45, 7) is 5.11. The molecule has 104 valence electrons. The number of likely N-dealkylation sites (tertiary alicyclic amines) is 1. The van der Waals surface area contributed by atoms with Crippen molar-refractivity contribution in [2.45, 2.75) is 82.8 Å². The smallest absolute Gasteiger partial charge is 0.0209 e. The molecule has 1 unspecified atom stereocenters. The Morgan fingerprint density at radius 2 is 1.67 bits per heavy atom. The van der Waals surface area contributed by atoms with Gasteiger partial charge >= 0.3 is 0 Å². The molecule has 18 heavy (non-hydrogen) atoms. The quantitative estimate of drug-likeness (QED) is 0.771. The fourth-order valence-electron chi connectivity index (χ4n) is 4.01. The number of rotatable bonds is 4. The lowest BCUT2D eigenvalue weighted by Crippen LogP contribution is -2.42. The van der Waals surface area contributed by atoms with Crippen LogP contribution < -0.4 is 5.32 Å². The average molecular weight is 250 g/mol. The van der Waals surface area contributed by atoms with Crippen molar-refractivity contribution in [1.82, 2.24) is 10.2 Å². The lowest BCUT2D eigenvalue weighted by Gasteiger charge is -2.27.